The van der Waals surface area contributed by atoms with Gasteiger partial charge in [-0.2, -0.15) is 13.2 Å². The number of aromatic amines is 1. The highest BCUT2D eigenvalue weighted by Crippen LogP contribution is 2.35. The maximum atomic E-state index is 12.9. The third kappa shape index (κ3) is 2.92. The van der Waals surface area contributed by atoms with Crippen LogP contribution >= 0.6 is 0 Å². The zero-order chi connectivity index (χ0) is 14.0. The van der Waals surface area contributed by atoms with Crippen LogP contribution < -0.4 is 0 Å². The largest absolute Gasteiger partial charge is 0.418 e. The molecule has 2 rings (SSSR count). The van der Waals surface area contributed by atoms with Gasteiger partial charge in [0.05, 0.1) is 11.1 Å². The number of halogens is 3. The molecule has 0 amide bonds. The Hall–Kier alpha value is -1.49. The quantitative estimate of drug-likeness (QED) is 0.898. The van der Waals surface area contributed by atoms with E-state index in [1.165, 1.54) is 6.07 Å². The Labute approximate surface area is 110 Å². The standard InChI is InChI=1S/C14H17F3N2/c1-3-19(2)8-7-10-9-18-13-11(10)5-4-6-12(13)14(15,16)17/h4-6,9,18H,3,7-8H2,1-2H3. The molecule has 0 saturated carbocycles. The molecule has 1 N–H and O–H groups in total. The average Bonchev–Trinajstić information content (AvgIpc) is 2.77. The minimum absolute atomic E-state index is 0.184. The second kappa shape index (κ2) is 5.25. The highest BCUT2D eigenvalue weighted by atomic mass is 19.4. The van der Waals surface area contributed by atoms with Gasteiger partial charge in [-0.15, -0.1) is 0 Å². The van der Waals surface area contributed by atoms with Crippen molar-refractivity contribution >= 4 is 10.9 Å². The minimum atomic E-state index is -4.32. The van der Waals surface area contributed by atoms with E-state index < -0.39 is 11.7 Å². The second-order valence-electron chi connectivity index (χ2n) is 4.69. The van der Waals surface area contributed by atoms with Crippen LogP contribution in [0, 0.1) is 0 Å². The van der Waals surface area contributed by atoms with E-state index in [9.17, 15) is 13.2 Å². The molecular weight excluding hydrogens is 253 g/mol. The zero-order valence-electron chi connectivity index (χ0n) is 11.0. The van der Waals surface area contributed by atoms with E-state index in [1.54, 1.807) is 12.3 Å². The van der Waals surface area contributed by atoms with Crippen molar-refractivity contribution in [2.45, 2.75) is 19.5 Å². The van der Waals surface area contributed by atoms with Crippen molar-refractivity contribution in [3.63, 3.8) is 0 Å². The summed E-state index contributed by atoms with van der Waals surface area (Å²) < 4.78 is 38.6. The van der Waals surface area contributed by atoms with Crippen LogP contribution in [0.2, 0.25) is 0 Å². The molecule has 0 fully saturated rings. The fourth-order valence-corrected chi connectivity index (χ4v) is 2.12. The molecule has 5 heteroatoms. The molecule has 104 valence electrons. The zero-order valence-corrected chi connectivity index (χ0v) is 11.0. The Bertz CT molecular complexity index is 557. The van der Waals surface area contributed by atoms with Crippen LogP contribution in [-0.4, -0.2) is 30.0 Å². The smallest absolute Gasteiger partial charge is 0.360 e. The maximum absolute atomic E-state index is 12.9. The number of nitrogens with zero attached hydrogens (tertiary/aromatic N) is 1. The van der Waals surface area contributed by atoms with Gasteiger partial charge in [0.2, 0.25) is 0 Å². The number of benzene rings is 1. The van der Waals surface area contributed by atoms with Crippen LogP contribution in [0.3, 0.4) is 0 Å². The Morgan fingerprint density at radius 2 is 2.00 bits per heavy atom. The SMILES string of the molecule is CCN(C)CCc1c[nH]c2c(C(F)(F)F)cccc12. The highest BCUT2D eigenvalue weighted by Gasteiger charge is 2.33. The molecule has 0 bridgehead atoms. The van der Waals surface area contributed by atoms with Crippen LogP contribution in [0.5, 0.6) is 0 Å². The van der Waals surface area contributed by atoms with Gasteiger partial charge in [0.15, 0.2) is 0 Å². The maximum Gasteiger partial charge on any atom is 0.418 e. The molecule has 2 aromatic rings. The number of hydrogen-bond donors (Lipinski definition) is 1. The molecule has 0 unspecified atom stereocenters. The number of alkyl halides is 3. The molecule has 0 saturated heterocycles. The normalized spacial score (nSPS) is 12.5. The van der Waals surface area contributed by atoms with Gasteiger partial charge < -0.3 is 9.88 Å². The molecular formula is C14H17F3N2. The lowest BCUT2D eigenvalue weighted by Crippen LogP contribution is -2.20. The summed E-state index contributed by atoms with van der Waals surface area (Å²) in [6.07, 6.45) is -1.89. The molecule has 1 aromatic carbocycles. The van der Waals surface area contributed by atoms with Gasteiger partial charge >= 0.3 is 6.18 Å². The lowest BCUT2D eigenvalue weighted by Gasteiger charge is -2.13. The van der Waals surface area contributed by atoms with E-state index in [-0.39, 0.29) is 5.52 Å². The molecule has 0 spiro atoms. The minimum Gasteiger partial charge on any atom is -0.360 e. The van der Waals surface area contributed by atoms with E-state index in [4.69, 9.17) is 0 Å². The van der Waals surface area contributed by atoms with Gasteiger partial charge in [-0.1, -0.05) is 19.1 Å². The molecule has 1 heterocycles. The topological polar surface area (TPSA) is 19.0 Å². The molecule has 0 atom stereocenters. The molecule has 2 nitrogen and oxygen atoms in total. The predicted octanol–water partition coefficient (Wildman–Crippen LogP) is 3.68. The molecule has 0 aliphatic carbocycles. The van der Waals surface area contributed by atoms with Gasteiger partial charge in [-0.3, -0.25) is 0 Å². The van der Waals surface area contributed by atoms with Crippen molar-refractivity contribution in [2.75, 3.05) is 20.1 Å². The van der Waals surface area contributed by atoms with Crippen LogP contribution in [0.1, 0.15) is 18.1 Å². The molecule has 19 heavy (non-hydrogen) atoms. The van der Waals surface area contributed by atoms with Gasteiger partial charge in [-0.25, -0.2) is 0 Å². The van der Waals surface area contributed by atoms with E-state index in [0.29, 0.717) is 5.39 Å². The third-order valence-corrected chi connectivity index (χ3v) is 3.41. The third-order valence-electron chi connectivity index (χ3n) is 3.41. The first-order valence-electron chi connectivity index (χ1n) is 6.28. The van der Waals surface area contributed by atoms with Crippen LogP contribution in [0.15, 0.2) is 24.4 Å². The molecule has 0 aliphatic heterocycles. The number of H-pyrrole nitrogens is 1. The Morgan fingerprint density at radius 3 is 2.63 bits per heavy atom. The molecule has 0 aliphatic rings. The van der Waals surface area contributed by atoms with Crippen molar-refractivity contribution in [1.29, 1.82) is 0 Å². The predicted molar refractivity (Wildman–Crippen MR) is 70.2 cm³/mol. The van der Waals surface area contributed by atoms with E-state index in [0.717, 1.165) is 31.1 Å². The number of hydrogen-bond acceptors (Lipinski definition) is 1. The first kappa shape index (κ1) is 13.9. The average molecular weight is 270 g/mol. The van der Waals surface area contributed by atoms with Gasteiger partial charge in [0, 0.05) is 18.1 Å². The number of para-hydroxylation sites is 1. The molecule has 1 aromatic heterocycles. The van der Waals surface area contributed by atoms with Crippen molar-refractivity contribution in [2.24, 2.45) is 0 Å². The number of likely N-dealkylation sites (N-methyl/N-ethyl adjacent to an activating group) is 1. The van der Waals surface area contributed by atoms with E-state index >= 15 is 0 Å². The van der Waals surface area contributed by atoms with Crippen LogP contribution in [-0.2, 0) is 12.6 Å². The summed E-state index contributed by atoms with van der Waals surface area (Å²) in [5.74, 6) is 0. The van der Waals surface area contributed by atoms with Gasteiger partial charge in [0.25, 0.3) is 0 Å². The van der Waals surface area contributed by atoms with Crippen molar-refractivity contribution in [1.82, 2.24) is 9.88 Å². The lowest BCUT2D eigenvalue weighted by molar-refractivity contribution is -0.136. The number of fused-ring (bicyclic) bond motifs is 1. The Balaban J connectivity index is 2.34. The first-order valence-corrected chi connectivity index (χ1v) is 6.28. The number of nitrogens with one attached hydrogen (secondary N) is 1. The fourth-order valence-electron chi connectivity index (χ4n) is 2.12. The molecule has 0 radical (unpaired) electrons. The summed E-state index contributed by atoms with van der Waals surface area (Å²) in [6, 6.07) is 4.31. The number of aromatic nitrogens is 1. The van der Waals surface area contributed by atoms with Crippen LogP contribution in [0.25, 0.3) is 10.9 Å². The van der Waals surface area contributed by atoms with Gasteiger partial charge in [0.1, 0.15) is 0 Å². The van der Waals surface area contributed by atoms with Crippen molar-refractivity contribution in [3.05, 3.63) is 35.5 Å². The fraction of sp³-hybridized carbons (Fsp3) is 0.429. The summed E-state index contributed by atoms with van der Waals surface area (Å²) in [5.41, 5.74) is 0.519. The Kier molecular flexibility index (Phi) is 3.85. The summed E-state index contributed by atoms with van der Waals surface area (Å²) in [6.45, 7) is 3.81. The summed E-state index contributed by atoms with van der Waals surface area (Å²) in [7, 11) is 2.00. The van der Waals surface area contributed by atoms with Crippen molar-refractivity contribution in [3.8, 4) is 0 Å². The monoisotopic (exact) mass is 270 g/mol. The van der Waals surface area contributed by atoms with Crippen LogP contribution in [0.4, 0.5) is 13.2 Å². The summed E-state index contributed by atoms with van der Waals surface area (Å²) in [4.78, 5) is 4.90. The van der Waals surface area contributed by atoms with E-state index in [2.05, 4.69) is 16.8 Å². The highest BCUT2D eigenvalue weighted by molar-refractivity contribution is 5.86. The number of rotatable bonds is 4. The lowest BCUT2D eigenvalue weighted by atomic mass is 10.1. The Morgan fingerprint density at radius 1 is 1.26 bits per heavy atom. The van der Waals surface area contributed by atoms with Gasteiger partial charge in [-0.05, 0) is 31.6 Å². The van der Waals surface area contributed by atoms with E-state index in [1.807, 2.05) is 7.05 Å². The summed E-state index contributed by atoms with van der Waals surface area (Å²) >= 11 is 0. The first-order chi connectivity index (χ1) is 8.93. The summed E-state index contributed by atoms with van der Waals surface area (Å²) in [5, 5.41) is 0.666. The van der Waals surface area contributed by atoms with Crippen molar-refractivity contribution < 1.29 is 13.2 Å². The second-order valence-corrected chi connectivity index (χ2v) is 4.69.